The van der Waals surface area contributed by atoms with Crippen molar-refractivity contribution in [3.8, 4) is 0 Å². The highest BCUT2D eigenvalue weighted by molar-refractivity contribution is 5.80. The number of aliphatic imine (C=N–C) groups is 1. The number of piperidine rings is 2. The summed E-state index contributed by atoms with van der Waals surface area (Å²) in [6.45, 7) is 9.99. The van der Waals surface area contributed by atoms with Crippen LogP contribution in [0.1, 0.15) is 43.0 Å². The van der Waals surface area contributed by atoms with E-state index < -0.39 is 0 Å². The van der Waals surface area contributed by atoms with Crippen molar-refractivity contribution in [3.05, 3.63) is 29.7 Å². The lowest BCUT2D eigenvalue weighted by Gasteiger charge is -2.35. The molecule has 4 heterocycles. The van der Waals surface area contributed by atoms with E-state index in [0.717, 1.165) is 69.0 Å². The normalized spacial score (nSPS) is 21.2. The van der Waals surface area contributed by atoms with E-state index in [9.17, 15) is 0 Å². The van der Waals surface area contributed by atoms with Crippen LogP contribution in [0.2, 0.25) is 0 Å². The summed E-state index contributed by atoms with van der Waals surface area (Å²) < 4.78 is 7.62. The molecule has 2 aromatic rings. The third-order valence-electron chi connectivity index (χ3n) is 6.74. The van der Waals surface area contributed by atoms with Crippen LogP contribution in [0.5, 0.6) is 0 Å². The minimum absolute atomic E-state index is 0.393. The van der Waals surface area contributed by atoms with Crippen LogP contribution >= 0.6 is 0 Å². The molecule has 32 heavy (non-hydrogen) atoms. The average molecular weight is 443 g/mol. The Labute approximate surface area is 191 Å². The zero-order valence-corrected chi connectivity index (χ0v) is 20.0. The highest BCUT2D eigenvalue weighted by Crippen LogP contribution is 2.20. The Bertz CT molecular complexity index is 876. The number of hydrogen-bond donors (Lipinski definition) is 2. The van der Waals surface area contributed by atoms with Crippen molar-refractivity contribution in [3.63, 3.8) is 0 Å². The first-order chi connectivity index (χ1) is 15.5. The second kappa shape index (κ2) is 10.4. The van der Waals surface area contributed by atoms with E-state index in [1.165, 1.54) is 24.9 Å². The van der Waals surface area contributed by atoms with Gasteiger partial charge in [0.25, 0.3) is 0 Å². The molecule has 0 aliphatic carbocycles. The second-order valence-corrected chi connectivity index (χ2v) is 9.22. The molecule has 1 atom stereocenters. The van der Waals surface area contributed by atoms with Gasteiger partial charge in [-0.3, -0.25) is 14.6 Å². The summed E-state index contributed by atoms with van der Waals surface area (Å²) in [6.07, 6.45) is 8.74. The van der Waals surface area contributed by atoms with Crippen molar-refractivity contribution < 1.29 is 4.42 Å². The van der Waals surface area contributed by atoms with Crippen molar-refractivity contribution in [1.29, 1.82) is 0 Å². The number of guanidine groups is 1. The van der Waals surface area contributed by atoms with E-state index in [1.807, 2.05) is 38.8 Å². The molecule has 0 bridgehead atoms. The summed E-state index contributed by atoms with van der Waals surface area (Å²) in [4.78, 5) is 13.9. The Balaban J connectivity index is 1.19. The zero-order valence-electron chi connectivity index (χ0n) is 20.0. The number of aryl methyl sites for hydroxylation is 3. The number of hydrogen-bond acceptors (Lipinski definition) is 6. The lowest BCUT2D eigenvalue weighted by molar-refractivity contribution is 0.164. The van der Waals surface area contributed by atoms with Crippen LogP contribution in [-0.2, 0) is 13.6 Å². The molecule has 9 nitrogen and oxygen atoms in total. The summed E-state index contributed by atoms with van der Waals surface area (Å²) in [6, 6.07) is 0.393. The van der Waals surface area contributed by atoms with Crippen molar-refractivity contribution in [2.75, 3.05) is 44.7 Å². The number of anilines is 1. The van der Waals surface area contributed by atoms with E-state index >= 15 is 0 Å². The van der Waals surface area contributed by atoms with Gasteiger partial charge in [-0.2, -0.15) is 5.10 Å². The molecule has 4 rings (SSSR count). The Morgan fingerprint density at radius 2 is 2.03 bits per heavy atom. The first kappa shape index (κ1) is 22.6. The van der Waals surface area contributed by atoms with E-state index in [1.54, 1.807) is 0 Å². The lowest BCUT2D eigenvalue weighted by Crippen LogP contribution is -2.52. The van der Waals surface area contributed by atoms with Crippen LogP contribution in [0.3, 0.4) is 0 Å². The molecular weight excluding hydrogens is 404 g/mol. The van der Waals surface area contributed by atoms with Gasteiger partial charge in [-0.25, -0.2) is 4.98 Å². The first-order valence-corrected chi connectivity index (χ1v) is 11.9. The molecular formula is C23H38N8O. The maximum atomic E-state index is 5.75. The Hall–Kier alpha value is -2.55. The van der Waals surface area contributed by atoms with Crippen LogP contribution in [-0.4, -0.2) is 71.4 Å². The quantitative estimate of drug-likeness (QED) is 0.523. The van der Waals surface area contributed by atoms with Gasteiger partial charge in [0.15, 0.2) is 5.96 Å². The van der Waals surface area contributed by atoms with Crippen molar-refractivity contribution >= 4 is 11.6 Å². The molecule has 0 radical (unpaired) electrons. The fraction of sp³-hybridized carbons (Fsp3) is 0.696. The largest absolute Gasteiger partial charge is 0.444 e. The predicted molar refractivity (Wildman–Crippen MR) is 127 cm³/mol. The van der Waals surface area contributed by atoms with Gasteiger partial charge in [0, 0.05) is 46.0 Å². The fourth-order valence-electron chi connectivity index (χ4n) is 4.68. The summed E-state index contributed by atoms with van der Waals surface area (Å²) in [5.41, 5.74) is 2.20. The second-order valence-electron chi connectivity index (χ2n) is 9.22. The zero-order chi connectivity index (χ0) is 22.5. The molecule has 176 valence electrons. The maximum Gasteiger partial charge on any atom is 0.208 e. The first-order valence-electron chi connectivity index (χ1n) is 11.9. The smallest absolute Gasteiger partial charge is 0.208 e. The SMILES string of the molecule is CN=C(NCC1CCN(Cc2nc(C)c(C)o2)CC1)NC1CCCN(c2cnn(C)c2)C1. The third-order valence-corrected chi connectivity index (χ3v) is 6.74. The van der Waals surface area contributed by atoms with Gasteiger partial charge < -0.3 is 20.0 Å². The van der Waals surface area contributed by atoms with Gasteiger partial charge in [0.1, 0.15) is 5.76 Å². The van der Waals surface area contributed by atoms with Crippen molar-refractivity contribution in [2.45, 2.75) is 52.1 Å². The van der Waals surface area contributed by atoms with Crippen LogP contribution in [0.4, 0.5) is 5.69 Å². The number of likely N-dealkylation sites (tertiary alicyclic amines) is 1. The van der Waals surface area contributed by atoms with Gasteiger partial charge in [-0.15, -0.1) is 0 Å². The molecule has 9 heteroatoms. The summed E-state index contributed by atoms with van der Waals surface area (Å²) >= 11 is 0. The minimum atomic E-state index is 0.393. The number of nitrogens with one attached hydrogen (secondary N) is 2. The third kappa shape index (κ3) is 5.82. The lowest BCUT2D eigenvalue weighted by atomic mass is 9.97. The predicted octanol–water partition coefficient (Wildman–Crippen LogP) is 2.07. The summed E-state index contributed by atoms with van der Waals surface area (Å²) in [7, 11) is 3.83. The summed E-state index contributed by atoms with van der Waals surface area (Å²) in [5, 5.41) is 11.5. The van der Waals surface area contributed by atoms with Gasteiger partial charge in [0.05, 0.1) is 24.1 Å². The van der Waals surface area contributed by atoms with E-state index in [0.29, 0.717) is 12.0 Å². The number of oxazole rings is 1. The van der Waals surface area contributed by atoms with E-state index in [4.69, 9.17) is 4.42 Å². The van der Waals surface area contributed by atoms with Gasteiger partial charge in [0.2, 0.25) is 5.89 Å². The molecule has 0 aromatic carbocycles. The van der Waals surface area contributed by atoms with E-state index in [-0.39, 0.29) is 0 Å². The highest BCUT2D eigenvalue weighted by atomic mass is 16.4. The summed E-state index contributed by atoms with van der Waals surface area (Å²) in [5.74, 6) is 3.35. The molecule has 2 saturated heterocycles. The average Bonchev–Trinajstić information content (AvgIpc) is 3.37. The van der Waals surface area contributed by atoms with Crippen LogP contribution < -0.4 is 15.5 Å². The Kier molecular flexibility index (Phi) is 7.34. The molecule has 0 spiro atoms. The molecule has 2 aliphatic rings. The highest BCUT2D eigenvalue weighted by Gasteiger charge is 2.24. The number of nitrogens with zero attached hydrogens (tertiary/aromatic N) is 6. The molecule has 2 aliphatic heterocycles. The van der Waals surface area contributed by atoms with Crippen molar-refractivity contribution in [2.24, 2.45) is 18.0 Å². The maximum absolute atomic E-state index is 5.75. The van der Waals surface area contributed by atoms with Gasteiger partial charge in [-0.05, 0) is 58.5 Å². The van der Waals surface area contributed by atoms with Crippen LogP contribution in [0.25, 0.3) is 0 Å². The van der Waals surface area contributed by atoms with E-state index in [2.05, 4.69) is 41.7 Å². The number of rotatable bonds is 6. The minimum Gasteiger partial charge on any atom is -0.444 e. The molecule has 2 aromatic heterocycles. The van der Waals surface area contributed by atoms with Crippen LogP contribution in [0, 0.1) is 19.8 Å². The Morgan fingerprint density at radius 1 is 1.22 bits per heavy atom. The monoisotopic (exact) mass is 442 g/mol. The Morgan fingerprint density at radius 3 is 2.69 bits per heavy atom. The molecule has 1 unspecified atom stereocenters. The van der Waals surface area contributed by atoms with Gasteiger partial charge in [-0.1, -0.05) is 0 Å². The topological polar surface area (TPSA) is 86.8 Å². The molecule has 0 amide bonds. The molecule has 2 fully saturated rings. The van der Waals surface area contributed by atoms with Crippen LogP contribution in [0.15, 0.2) is 21.8 Å². The molecule has 0 saturated carbocycles. The standard InChI is InChI=1S/C23H38N8O/c1-17-18(2)32-22(27-17)16-30-10-7-19(8-11-30)12-25-23(24-3)28-20-6-5-9-31(14-20)21-13-26-29(4)15-21/h13,15,19-20H,5-12,14,16H2,1-4H3,(H2,24,25,28). The van der Waals surface area contributed by atoms with Gasteiger partial charge >= 0.3 is 0 Å². The number of aromatic nitrogens is 3. The van der Waals surface area contributed by atoms with Crippen molar-refractivity contribution in [1.82, 2.24) is 30.3 Å². The molecule has 2 N–H and O–H groups in total. The fourth-order valence-corrected chi connectivity index (χ4v) is 4.68.